The fraction of sp³-hybridized carbons (Fsp3) is 0.567. The third kappa shape index (κ3) is 4.85. The van der Waals surface area contributed by atoms with E-state index in [1.165, 1.54) is 63.7 Å². The second-order valence-electron chi connectivity index (χ2n) is 11.3. The lowest BCUT2D eigenvalue weighted by Gasteiger charge is -2.38. The zero-order valence-corrected chi connectivity index (χ0v) is 21.0. The van der Waals surface area contributed by atoms with Gasteiger partial charge in [-0.1, -0.05) is 18.6 Å². The zero-order chi connectivity index (χ0) is 23.8. The van der Waals surface area contributed by atoms with Crippen LogP contribution in [0.2, 0.25) is 0 Å². The van der Waals surface area contributed by atoms with E-state index >= 15 is 0 Å². The molecule has 186 valence electrons. The third-order valence-electron chi connectivity index (χ3n) is 9.19. The van der Waals surface area contributed by atoms with Crippen LogP contribution in [0, 0.1) is 11.8 Å². The number of likely N-dealkylation sites (tertiary alicyclic amines) is 1. The van der Waals surface area contributed by atoms with Crippen LogP contribution in [0.1, 0.15) is 67.8 Å². The topological polar surface area (TPSA) is 44.8 Å². The van der Waals surface area contributed by atoms with Gasteiger partial charge in [0.2, 0.25) is 0 Å². The maximum Gasteiger partial charge on any atom is 0.255 e. The summed E-state index contributed by atoms with van der Waals surface area (Å²) in [5.41, 5.74) is 3.92. The molecule has 1 amide bonds. The lowest BCUT2D eigenvalue weighted by molar-refractivity contribution is -0.00866. The average Bonchev–Trinajstić information content (AvgIpc) is 3.39. The van der Waals surface area contributed by atoms with Crippen LogP contribution in [0.15, 0.2) is 48.5 Å². The second-order valence-corrected chi connectivity index (χ2v) is 11.3. The molecule has 5 nitrogen and oxygen atoms in total. The Bertz CT molecular complexity index is 1010. The third-order valence-corrected chi connectivity index (χ3v) is 9.19. The number of nitrogens with zero attached hydrogens (tertiary/aromatic N) is 2. The van der Waals surface area contributed by atoms with Gasteiger partial charge in [0.25, 0.3) is 5.91 Å². The minimum Gasteiger partial charge on any atom is -0.374 e. The molecule has 1 unspecified atom stereocenters. The first kappa shape index (κ1) is 23.1. The fourth-order valence-corrected chi connectivity index (χ4v) is 6.31. The van der Waals surface area contributed by atoms with Crippen molar-refractivity contribution in [3.63, 3.8) is 0 Å². The Morgan fingerprint density at radius 1 is 0.971 bits per heavy atom. The van der Waals surface area contributed by atoms with Crippen molar-refractivity contribution in [2.24, 2.45) is 11.8 Å². The van der Waals surface area contributed by atoms with E-state index in [0.717, 1.165) is 35.7 Å². The van der Waals surface area contributed by atoms with Gasteiger partial charge in [-0.2, -0.15) is 0 Å². The van der Waals surface area contributed by atoms with Crippen molar-refractivity contribution in [2.45, 2.75) is 76.7 Å². The van der Waals surface area contributed by atoms with Crippen LogP contribution in [0.4, 0.5) is 11.4 Å². The highest BCUT2D eigenvalue weighted by atomic mass is 16.5. The highest BCUT2D eigenvalue weighted by Gasteiger charge is 2.44. The summed E-state index contributed by atoms with van der Waals surface area (Å²) in [6, 6.07) is 17.6. The maximum absolute atomic E-state index is 12.8. The van der Waals surface area contributed by atoms with Gasteiger partial charge < -0.3 is 15.0 Å². The van der Waals surface area contributed by atoms with Crippen molar-refractivity contribution in [2.75, 3.05) is 29.9 Å². The molecule has 2 aromatic carbocycles. The Hall–Kier alpha value is -2.37. The smallest absolute Gasteiger partial charge is 0.255 e. The van der Waals surface area contributed by atoms with Gasteiger partial charge in [-0.25, -0.2) is 0 Å². The van der Waals surface area contributed by atoms with Crippen molar-refractivity contribution < 1.29 is 9.53 Å². The zero-order valence-electron chi connectivity index (χ0n) is 21.0. The van der Waals surface area contributed by atoms with Crippen LogP contribution in [-0.4, -0.2) is 48.6 Å². The highest BCUT2D eigenvalue weighted by molar-refractivity contribution is 6.04. The van der Waals surface area contributed by atoms with Crippen LogP contribution in [0.25, 0.3) is 0 Å². The first-order chi connectivity index (χ1) is 17.1. The molecule has 0 aromatic heterocycles. The van der Waals surface area contributed by atoms with Gasteiger partial charge in [0.05, 0.1) is 12.7 Å². The monoisotopic (exact) mass is 473 g/mol. The molecule has 35 heavy (non-hydrogen) atoms. The molecule has 2 aromatic rings. The Morgan fingerprint density at radius 2 is 1.71 bits per heavy atom. The summed E-state index contributed by atoms with van der Waals surface area (Å²) in [5, 5.41) is 3.06. The molecule has 2 aliphatic carbocycles. The fourth-order valence-electron chi connectivity index (χ4n) is 6.31. The van der Waals surface area contributed by atoms with Crippen molar-refractivity contribution in [1.82, 2.24) is 4.90 Å². The summed E-state index contributed by atoms with van der Waals surface area (Å²) < 4.78 is 5.87. The van der Waals surface area contributed by atoms with Gasteiger partial charge in [-0.05, 0) is 99.2 Å². The summed E-state index contributed by atoms with van der Waals surface area (Å²) in [6.45, 7) is 6.68. The lowest BCUT2D eigenvalue weighted by atomic mass is 9.80. The largest absolute Gasteiger partial charge is 0.374 e. The Morgan fingerprint density at radius 3 is 2.37 bits per heavy atom. The Labute approximate surface area is 209 Å². The molecule has 0 bridgehead atoms. The summed E-state index contributed by atoms with van der Waals surface area (Å²) in [4.78, 5) is 18.1. The number of hydrogen-bond acceptors (Lipinski definition) is 4. The molecule has 4 aliphatic rings. The molecule has 0 radical (unpaired) electrons. The van der Waals surface area contributed by atoms with Crippen LogP contribution in [0.5, 0.6) is 0 Å². The van der Waals surface area contributed by atoms with Crippen molar-refractivity contribution in [3.05, 3.63) is 59.7 Å². The minimum atomic E-state index is -0.0677. The van der Waals surface area contributed by atoms with Gasteiger partial charge >= 0.3 is 0 Å². The van der Waals surface area contributed by atoms with Crippen LogP contribution in [-0.2, 0) is 11.3 Å². The molecule has 2 heterocycles. The van der Waals surface area contributed by atoms with E-state index in [1.807, 2.05) is 36.4 Å². The molecular weight excluding hydrogens is 434 g/mol. The standard InChI is InChI=1S/C30H39N3O2/c1-21(23-4-2-5-23)32-18-25-16-17-33(29(25)19-32)27-14-12-26(13-15-27)31-30(34)24-10-8-22(9-11-24)20-35-28-6-3-7-28/h8-15,21,23,25,28-29H,2-7,16-20H2,1H3,(H,31,34)/t21?,25-,29+/m1/s1. The molecule has 5 heteroatoms. The number of nitrogens with one attached hydrogen (secondary N) is 1. The lowest BCUT2D eigenvalue weighted by Crippen LogP contribution is -2.42. The number of benzene rings is 2. The Kier molecular flexibility index (Phi) is 6.55. The van der Waals surface area contributed by atoms with E-state index in [4.69, 9.17) is 4.74 Å². The molecule has 6 rings (SSSR count). The average molecular weight is 474 g/mol. The molecule has 2 aliphatic heterocycles. The molecule has 4 fully saturated rings. The summed E-state index contributed by atoms with van der Waals surface area (Å²) in [7, 11) is 0. The highest BCUT2D eigenvalue weighted by Crippen LogP contribution is 2.39. The molecule has 1 N–H and O–H groups in total. The van der Waals surface area contributed by atoms with Gasteiger partial charge in [-0.15, -0.1) is 0 Å². The number of carbonyl (C=O) groups excluding carboxylic acids is 1. The summed E-state index contributed by atoms with van der Waals surface area (Å²) in [5.74, 6) is 1.64. The first-order valence-corrected chi connectivity index (χ1v) is 13.8. The van der Waals surface area contributed by atoms with Crippen LogP contribution < -0.4 is 10.2 Å². The predicted octanol–water partition coefficient (Wildman–Crippen LogP) is 5.71. The molecular formula is C30H39N3O2. The number of carbonyl (C=O) groups is 1. The van der Waals surface area contributed by atoms with E-state index in [1.54, 1.807) is 0 Å². The first-order valence-electron chi connectivity index (χ1n) is 13.8. The van der Waals surface area contributed by atoms with Gasteiger partial charge in [0.15, 0.2) is 0 Å². The molecule has 3 atom stereocenters. The number of hydrogen-bond donors (Lipinski definition) is 1. The van der Waals surface area contributed by atoms with Gasteiger partial charge in [0.1, 0.15) is 0 Å². The molecule has 0 spiro atoms. The van der Waals surface area contributed by atoms with Crippen LogP contribution in [0.3, 0.4) is 0 Å². The van der Waals surface area contributed by atoms with Crippen molar-refractivity contribution >= 4 is 17.3 Å². The maximum atomic E-state index is 12.8. The van der Waals surface area contributed by atoms with E-state index in [9.17, 15) is 4.79 Å². The SMILES string of the molecule is CC(C1CCC1)N1C[C@H]2CCN(c3ccc(NC(=O)c4ccc(COC5CCC5)cc4)cc3)[C@H]2C1. The van der Waals surface area contributed by atoms with Crippen molar-refractivity contribution in [3.8, 4) is 0 Å². The van der Waals surface area contributed by atoms with E-state index in [-0.39, 0.29) is 5.91 Å². The summed E-state index contributed by atoms with van der Waals surface area (Å²) >= 11 is 0. The van der Waals surface area contributed by atoms with Gasteiger partial charge in [-0.3, -0.25) is 9.69 Å². The van der Waals surface area contributed by atoms with Gasteiger partial charge in [0, 0.05) is 48.7 Å². The van der Waals surface area contributed by atoms with E-state index < -0.39 is 0 Å². The number of amides is 1. The number of ether oxygens (including phenoxy) is 1. The predicted molar refractivity (Wildman–Crippen MR) is 141 cm³/mol. The minimum absolute atomic E-state index is 0.0677. The quantitative estimate of drug-likeness (QED) is 0.534. The molecule has 2 saturated carbocycles. The normalized spacial score (nSPS) is 25.7. The van der Waals surface area contributed by atoms with E-state index in [0.29, 0.717) is 24.3 Å². The molecule has 2 saturated heterocycles. The van der Waals surface area contributed by atoms with E-state index in [2.05, 4.69) is 34.2 Å². The summed E-state index contributed by atoms with van der Waals surface area (Å²) in [6.07, 6.45) is 9.61. The number of fused-ring (bicyclic) bond motifs is 1. The number of rotatable bonds is 8. The van der Waals surface area contributed by atoms with Crippen LogP contribution >= 0.6 is 0 Å². The number of anilines is 2. The Balaban J connectivity index is 1.03. The van der Waals surface area contributed by atoms with Crippen molar-refractivity contribution in [1.29, 1.82) is 0 Å². The second kappa shape index (κ2) is 9.94.